The van der Waals surface area contributed by atoms with E-state index in [-0.39, 0.29) is 6.03 Å². The standard InChI is InChI=1S/C19H28N4O2/c1-2-14-12-23(13-17(14)22-7-9-25-10-8-22)19(24)21-18-11-16(5-6-20-18)15-3-4-15/h5-6,11,14-15,17H,2-4,7-10,12-13H2,1H3,(H,20,21,24). The lowest BCUT2D eigenvalue weighted by molar-refractivity contribution is 0.0106. The number of nitrogens with one attached hydrogen (secondary N) is 1. The second-order valence-corrected chi connectivity index (χ2v) is 7.47. The lowest BCUT2D eigenvalue weighted by Crippen LogP contribution is -2.47. The molecule has 2 amide bonds. The van der Waals surface area contributed by atoms with Gasteiger partial charge in [0.25, 0.3) is 0 Å². The number of anilines is 1. The number of amides is 2. The van der Waals surface area contributed by atoms with E-state index >= 15 is 0 Å². The first-order chi connectivity index (χ1) is 12.2. The number of pyridine rings is 1. The van der Waals surface area contributed by atoms with Crippen molar-refractivity contribution < 1.29 is 9.53 Å². The van der Waals surface area contributed by atoms with Crippen LogP contribution >= 0.6 is 0 Å². The summed E-state index contributed by atoms with van der Waals surface area (Å²) in [7, 11) is 0. The fourth-order valence-electron chi connectivity index (χ4n) is 4.12. The molecule has 1 aliphatic carbocycles. The number of hydrogen-bond acceptors (Lipinski definition) is 4. The van der Waals surface area contributed by atoms with Crippen molar-refractivity contribution in [2.24, 2.45) is 5.92 Å². The average Bonchev–Trinajstić information content (AvgIpc) is 3.41. The van der Waals surface area contributed by atoms with Crippen LogP contribution in [-0.2, 0) is 4.74 Å². The molecule has 3 heterocycles. The second kappa shape index (κ2) is 7.30. The van der Waals surface area contributed by atoms with Crippen molar-refractivity contribution in [2.45, 2.75) is 38.1 Å². The minimum Gasteiger partial charge on any atom is -0.379 e. The van der Waals surface area contributed by atoms with E-state index in [4.69, 9.17) is 4.74 Å². The van der Waals surface area contributed by atoms with Gasteiger partial charge in [-0.1, -0.05) is 13.3 Å². The summed E-state index contributed by atoms with van der Waals surface area (Å²) >= 11 is 0. The molecule has 3 fully saturated rings. The topological polar surface area (TPSA) is 57.7 Å². The Morgan fingerprint density at radius 3 is 2.84 bits per heavy atom. The van der Waals surface area contributed by atoms with E-state index in [0.717, 1.165) is 45.8 Å². The zero-order chi connectivity index (χ0) is 17.2. The molecule has 0 aromatic carbocycles. The van der Waals surface area contributed by atoms with Crippen LogP contribution in [0.15, 0.2) is 18.3 Å². The van der Waals surface area contributed by atoms with E-state index in [1.54, 1.807) is 6.20 Å². The third kappa shape index (κ3) is 3.80. The van der Waals surface area contributed by atoms with Gasteiger partial charge < -0.3 is 9.64 Å². The highest BCUT2D eigenvalue weighted by atomic mass is 16.5. The van der Waals surface area contributed by atoms with Crippen molar-refractivity contribution in [3.63, 3.8) is 0 Å². The molecule has 6 heteroatoms. The molecule has 136 valence electrons. The maximum Gasteiger partial charge on any atom is 0.323 e. The van der Waals surface area contributed by atoms with Gasteiger partial charge in [0.2, 0.25) is 0 Å². The van der Waals surface area contributed by atoms with Gasteiger partial charge in [-0.2, -0.15) is 0 Å². The number of ether oxygens (including phenoxy) is 1. The molecule has 25 heavy (non-hydrogen) atoms. The summed E-state index contributed by atoms with van der Waals surface area (Å²) in [5.41, 5.74) is 1.30. The van der Waals surface area contributed by atoms with Crippen LogP contribution < -0.4 is 5.32 Å². The fourth-order valence-corrected chi connectivity index (χ4v) is 4.12. The van der Waals surface area contributed by atoms with E-state index in [2.05, 4.69) is 28.2 Å². The largest absolute Gasteiger partial charge is 0.379 e. The molecule has 2 unspecified atom stereocenters. The molecule has 0 spiro atoms. The predicted octanol–water partition coefficient (Wildman–Crippen LogP) is 2.53. The summed E-state index contributed by atoms with van der Waals surface area (Å²) < 4.78 is 5.47. The zero-order valence-electron chi connectivity index (χ0n) is 15.0. The number of rotatable bonds is 4. The summed E-state index contributed by atoms with van der Waals surface area (Å²) in [6, 6.07) is 4.52. The van der Waals surface area contributed by atoms with Crippen LogP contribution in [0.5, 0.6) is 0 Å². The van der Waals surface area contributed by atoms with Crippen molar-refractivity contribution in [1.29, 1.82) is 0 Å². The average molecular weight is 344 g/mol. The molecule has 0 bridgehead atoms. The quantitative estimate of drug-likeness (QED) is 0.912. The number of carbonyl (C=O) groups excluding carboxylic acids is 1. The van der Waals surface area contributed by atoms with Gasteiger partial charge >= 0.3 is 6.03 Å². The third-order valence-electron chi connectivity index (χ3n) is 5.80. The van der Waals surface area contributed by atoms with Gasteiger partial charge in [0.1, 0.15) is 5.82 Å². The van der Waals surface area contributed by atoms with E-state index in [1.807, 2.05) is 11.0 Å². The van der Waals surface area contributed by atoms with Crippen LogP contribution in [-0.4, -0.2) is 66.2 Å². The summed E-state index contributed by atoms with van der Waals surface area (Å²) in [5.74, 6) is 1.88. The van der Waals surface area contributed by atoms with Gasteiger partial charge in [0, 0.05) is 38.4 Å². The van der Waals surface area contributed by atoms with Crippen molar-refractivity contribution in [3.05, 3.63) is 23.9 Å². The number of likely N-dealkylation sites (tertiary alicyclic amines) is 1. The first-order valence-corrected chi connectivity index (χ1v) is 9.58. The van der Waals surface area contributed by atoms with Crippen LogP contribution in [0.25, 0.3) is 0 Å². The zero-order valence-corrected chi connectivity index (χ0v) is 15.0. The first kappa shape index (κ1) is 16.8. The van der Waals surface area contributed by atoms with Crippen molar-refractivity contribution in [1.82, 2.24) is 14.8 Å². The molecule has 2 saturated heterocycles. The van der Waals surface area contributed by atoms with Crippen molar-refractivity contribution in [2.75, 3.05) is 44.7 Å². The smallest absolute Gasteiger partial charge is 0.323 e. The summed E-state index contributed by atoms with van der Waals surface area (Å²) in [6.07, 6.45) is 5.41. The van der Waals surface area contributed by atoms with Crippen molar-refractivity contribution >= 4 is 11.8 Å². The highest BCUT2D eigenvalue weighted by Crippen LogP contribution is 2.40. The van der Waals surface area contributed by atoms with Crippen molar-refractivity contribution in [3.8, 4) is 0 Å². The highest BCUT2D eigenvalue weighted by Gasteiger charge is 2.38. The lowest BCUT2D eigenvalue weighted by atomic mass is 9.99. The maximum absolute atomic E-state index is 12.7. The molecular weight excluding hydrogens is 316 g/mol. The minimum absolute atomic E-state index is 0.0188. The normalized spacial score (nSPS) is 27.5. The molecule has 4 rings (SSSR count). The van der Waals surface area contributed by atoms with Crippen LogP contribution in [0.3, 0.4) is 0 Å². The first-order valence-electron chi connectivity index (χ1n) is 9.58. The SMILES string of the molecule is CCC1CN(C(=O)Nc2cc(C3CC3)ccn2)CC1N1CCOCC1. The van der Waals surface area contributed by atoms with Crippen LogP contribution in [0.1, 0.15) is 37.7 Å². The number of aromatic nitrogens is 1. The lowest BCUT2D eigenvalue weighted by Gasteiger charge is -2.34. The molecule has 1 N–H and O–H groups in total. The Morgan fingerprint density at radius 2 is 2.12 bits per heavy atom. The Labute approximate surface area is 149 Å². The molecule has 1 aromatic rings. The molecule has 2 aliphatic heterocycles. The molecule has 1 aromatic heterocycles. The van der Waals surface area contributed by atoms with E-state index in [1.165, 1.54) is 18.4 Å². The van der Waals surface area contributed by atoms with Gasteiger partial charge in [0.15, 0.2) is 0 Å². The highest BCUT2D eigenvalue weighted by molar-refractivity contribution is 5.88. The Kier molecular flexibility index (Phi) is 4.90. The van der Waals surface area contributed by atoms with E-state index in [0.29, 0.717) is 23.7 Å². The molecule has 3 aliphatic rings. The third-order valence-corrected chi connectivity index (χ3v) is 5.80. The van der Waals surface area contributed by atoms with E-state index < -0.39 is 0 Å². The Morgan fingerprint density at radius 1 is 1.32 bits per heavy atom. The van der Waals surface area contributed by atoms with Crippen LogP contribution in [0.4, 0.5) is 10.6 Å². The summed E-state index contributed by atoms with van der Waals surface area (Å²) in [4.78, 5) is 21.5. The fraction of sp³-hybridized carbons (Fsp3) is 0.684. The van der Waals surface area contributed by atoms with E-state index in [9.17, 15) is 4.79 Å². The molecule has 0 radical (unpaired) electrons. The monoisotopic (exact) mass is 344 g/mol. The van der Waals surface area contributed by atoms with Crippen LogP contribution in [0.2, 0.25) is 0 Å². The van der Waals surface area contributed by atoms with Gasteiger partial charge in [-0.25, -0.2) is 9.78 Å². The number of morpholine rings is 1. The number of hydrogen-bond donors (Lipinski definition) is 1. The molecule has 2 atom stereocenters. The molecule has 1 saturated carbocycles. The molecular formula is C19H28N4O2. The van der Waals surface area contributed by atoms with Gasteiger partial charge in [-0.15, -0.1) is 0 Å². The number of nitrogens with zero attached hydrogens (tertiary/aromatic N) is 3. The summed E-state index contributed by atoms with van der Waals surface area (Å²) in [6.45, 7) is 7.40. The number of urea groups is 1. The Hall–Kier alpha value is -1.66. The number of carbonyl (C=O) groups is 1. The van der Waals surface area contributed by atoms with Gasteiger partial charge in [-0.3, -0.25) is 10.2 Å². The van der Waals surface area contributed by atoms with Crippen LogP contribution in [0, 0.1) is 5.92 Å². The Balaban J connectivity index is 1.39. The maximum atomic E-state index is 12.7. The predicted molar refractivity (Wildman–Crippen MR) is 96.8 cm³/mol. The Bertz CT molecular complexity index is 613. The van der Waals surface area contributed by atoms with Gasteiger partial charge in [-0.05, 0) is 42.4 Å². The molecule has 6 nitrogen and oxygen atoms in total. The minimum atomic E-state index is -0.0188. The second-order valence-electron chi connectivity index (χ2n) is 7.47. The van der Waals surface area contributed by atoms with Gasteiger partial charge in [0.05, 0.1) is 13.2 Å². The summed E-state index contributed by atoms with van der Waals surface area (Å²) in [5, 5.41) is 3.01.